The fraction of sp³-hybridized carbons (Fsp3) is 0.333. The van der Waals surface area contributed by atoms with Crippen LogP contribution in [0.15, 0.2) is 48.8 Å². The molecule has 0 spiro atoms. The Bertz CT molecular complexity index is 869. The number of aromatic nitrogens is 2. The molecule has 136 valence electrons. The summed E-state index contributed by atoms with van der Waals surface area (Å²) in [5.41, 5.74) is 3.00. The van der Waals surface area contributed by atoms with Crippen LogP contribution in [0.1, 0.15) is 48.7 Å². The van der Waals surface area contributed by atoms with Gasteiger partial charge in [0.15, 0.2) is 0 Å². The lowest BCUT2D eigenvalue weighted by Gasteiger charge is -2.07. The molecule has 5 heteroatoms. The number of benzene rings is 1. The Kier molecular flexibility index (Phi) is 5.89. The molecule has 0 bridgehead atoms. The molecule has 2 heterocycles. The summed E-state index contributed by atoms with van der Waals surface area (Å²) in [5.74, 6) is 0.599. The number of nitrogens with zero attached hydrogens (tertiary/aromatic N) is 2. The standard InChI is InChI=1S/C21H25N3O2/c1-3-4-5-6-13-26-18-9-7-17(8-10-18)22-21(25)19-15-24-12-11-16(2)14-20(24)23-19/h7-12,14-15H,3-6,13H2,1-2H3,(H,22,25). The minimum absolute atomic E-state index is 0.223. The van der Waals surface area contributed by atoms with E-state index in [1.54, 1.807) is 6.20 Å². The molecule has 1 aromatic carbocycles. The fourth-order valence-corrected chi connectivity index (χ4v) is 2.74. The number of pyridine rings is 1. The van der Waals surface area contributed by atoms with Gasteiger partial charge >= 0.3 is 0 Å². The van der Waals surface area contributed by atoms with Gasteiger partial charge in [-0.25, -0.2) is 4.98 Å². The molecule has 0 saturated carbocycles. The van der Waals surface area contributed by atoms with E-state index < -0.39 is 0 Å². The molecule has 5 nitrogen and oxygen atoms in total. The van der Waals surface area contributed by atoms with Crippen LogP contribution in [0, 0.1) is 6.92 Å². The van der Waals surface area contributed by atoms with Gasteiger partial charge in [0.05, 0.1) is 6.61 Å². The second kappa shape index (κ2) is 8.52. The number of hydrogen-bond donors (Lipinski definition) is 1. The van der Waals surface area contributed by atoms with Crippen LogP contribution in [0.3, 0.4) is 0 Å². The third kappa shape index (κ3) is 4.63. The van der Waals surface area contributed by atoms with E-state index in [0.29, 0.717) is 5.69 Å². The number of fused-ring (bicyclic) bond motifs is 1. The molecule has 0 atom stereocenters. The first-order valence-corrected chi connectivity index (χ1v) is 9.15. The summed E-state index contributed by atoms with van der Waals surface area (Å²) in [5, 5.41) is 2.87. The lowest BCUT2D eigenvalue weighted by atomic mass is 10.2. The number of ether oxygens (including phenoxy) is 1. The van der Waals surface area contributed by atoms with Crippen LogP contribution in [0.5, 0.6) is 5.75 Å². The summed E-state index contributed by atoms with van der Waals surface area (Å²) < 4.78 is 7.56. The van der Waals surface area contributed by atoms with Gasteiger partial charge in [-0.05, 0) is 55.3 Å². The van der Waals surface area contributed by atoms with Gasteiger partial charge < -0.3 is 14.5 Å². The second-order valence-corrected chi connectivity index (χ2v) is 6.48. The van der Waals surface area contributed by atoms with E-state index in [0.717, 1.165) is 35.7 Å². The predicted molar refractivity (Wildman–Crippen MR) is 104 cm³/mol. The van der Waals surface area contributed by atoms with Crippen molar-refractivity contribution in [2.75, 3.05) is 11.9 Å². The van der Waals surface area contributed by atoms with Crippen LogP contribution in [0.25, 0.3) is 5.65 Å². The molecule has 0 unspecified atom stereocenters. The highest BCUT2D eigenvalue weighted by Gasteiger charge is 2.11. The Morgan fingerprint density at radius 2 is 1.96 bits per heavy atom. The second-order valence-electron chi connectivity index (χ2n) is 6.48. The molecule has 0 aliphatic rings. The number of nitrogens with one attached hydrogen (secondary N) is 1. The van der Waals surface area contributed by atoms with Crippen LogP contribution in [0.4, 0.5) is 5.69 Å². The van der Waals surface area contributed by atoms with Gasteiger partial charge in [-0.3, -0.25) is 4.79 Å². The Hall–Kier alpha value is -2.82. The Morgan fingerprint density at radius 1 is 1.15 bits per heavy atom. The number of aryl methyl sites for hydroxylation is 1. The number of unbranched alkanes of at least 4 members (excludes halogenated alkanes) is 3. The lowest BCUT2D eigenvalue weighted by Crippen LogP contribution is -2.12. The molecule has 1 amide bonds. The number of imidazole rings is 1. The molecule has 0 aliphatic carbocycles. The Balaban J connectivity index is 1.56. The molecular weight excluding hydrogens is 326 g/mol. The molecule has 1 N–H and O–H groups in total. The molecule has 0 fully saturated rings. The smallest absolute Gasteiger partial charge is 0.275 e. The zero-order valence-electron chi connectivity index (χ0n) is 15.4. The molecule has 3 rings (SSSR count). The van der Waals surface area contributed by atoms with Crippen molar-refractivity contribution in [3.8, 4) is 5.75 Å². The van der Waals surface area contributed by atoms with Crippen molar-refractivity contribution >= 4 is 17.2 Å². The first-order chi connectivity index (χ1) is 12.7. The summed E-state index contributed by atoms with van der Waals surface area (Å²) in [6.07, 6.45) is 8.37. The SMILES string of the molecule is CCCCCCOc1ccc(NC(=O)c2cn3ccc(C)cc3n2)cc1. The lowest BCUT2D eigenvalue weighted by molar-refractivity contribution is 0.102. The van der Waals surface area contributed by atoms with Crippen molar-refractivity contribution in [3.05, 3.63) is 60.0 Å². The van der Waals surface area contributed by atoms with Crippen LogP contribution in [-0.4, -0.2) is 21.9 Å². The molecule has 26 heavy (non-hydrogen) atoms. The number of hydrogen-bond acceptors (Lipinski definition) is 3. The summed E-state index contributed by atoms with van der Waals surface area (Å²) in [4.78, 5) is 16.8. The van der Waals surface area contributed by atoms with Crippen molar-refractivity contribution in [1.29, 1.82) is 0 Å². The van der Waals surface area contributed by atoms with Gasteiger partial charge in [0.25, 0.3) is 5.91 Å². The highest BCUT2D eigenvalue weighted by Crippen LogP contribution is 2.17. The van der Waals surface area contributed by atoms with Crippen LogP contribution < -0.4 is 10.1 Å². The maximum atomic E-state index is 12.4. The first kappa shape index (κ1) is 18.0. The van der Waals surface area contributed by atoms with E-state index in [4.69, 9.17) is 4.74 Å². The molecule has 0 saturated heterocycles. The van der Waals surface area contributed by atoms with E-state index in [2.05, 4.69) is 17.2 Å². The largest absolute Gasteiger partial charge is 0.494 e. The Labute approximate surface area is 154 Å². The average molecular weight is 351 g/mol. The maximum Gasteiger partial charge on any atom is 0.275 e. The highest BCUT2D eigenvalue weighted by molar-refractivity contribution is 6.03. The van der Waals surface area contributed by atoms with Gasteiger partial charge in [-0.15, -0.1) is 0 Å². The third-order valence-electron chi connectivity index (χ3n) is 4.23. The molecule has 0 radical (unpaired) electrons. The number of carbonyl (C=O) groups is 1. The van der Waals surface area contributed by atoms with E-state index in [1.165, 1.54) is 19.3 Å². The van der Waals surface area contributed by atoms with Crippen molar-refractivity contribution in [3.63, 3.8) is 0 Å². The van der Waals surface area contributed by atoms with E-state index in [-0.39, 0.29) is 5.91 Å². The van der Waals surface area contributed by atoms with Crippen LogP contribution in [-0.2, 0) is 0 Å². The van der Waals surface area contributed by atoms with E-state index >= 15 is 0 Å². The molecule has 3 aromatic rings. The van der Waals surface area contributed by atoms with Gasteiger partial charge in [-0.2, -0.15) is 0 Å². The third-order valence-corrected chi connectivity index (χ3v) is 4.23. The number of rotatable bonds is 8. The van der Waals surface area contributed by atoms with Gasteiger partial charge in [0.2, 0.25) is 0 Å². The number of anilines is 1. The van der Waals surface area contributed by atoms with Crippen molar-refractivity contribution in [1.82, 2.24) is 9.38 Å². The zero-order valence-corrected chi connectivity index (χ0v) is 15.4. The predicted octanol–water partition coefficient (Wildman–Crippen LogP) is 4.85. The minimum atomic E-state index is -0.223. The quantitative estimate of drug-likeness (QED) is 0.590. The topological polar surface area (TPSA) is 55.6 Å². The number of amides is 1. The van der Waals surface area contributed by atoms with Gasteiger partial charge in [-0.1, -0.05) is 26.2 Å². The van der Waals surface area contributed by atoms with Crippen molar-refractivity contribution < 1.29 is 9.53 Å². The minimum Gasteiger partial charge on any atom is -0.494 e. The monoisotopic (exact) mass is 351 g/mol. The maximum absolute atomic E-state index is 12.4. The van der Waals surface area contributed by atoms with Gasteiger partial charge in [0.1, 0.15) is 17.1 Å². The summed E-state index contributed by atoms with van der Waals surface area (Å²) in [7, 11) is 0. The fourth-order valence-electron chi connectivity index (χ4n) is 2.74. The summed E-state index contributed by atoms with van der Waals surface area (Å²) in [6, 6.07) is 11.4. The normalized spacial score (nSPS) is 10.8. The number of carbonyl (C=O) groups excluding carboxylic acids is 1. The highest BCUT2D eigenvalue weighted by atomic mass is 16.5. The van der Waals surface area contributed by atoms with Crippen LogP contribution in [0.2, 0.25) is 0 Å². The molecule has 2 aromatic heterocycles. The van der Waals surface area contributed by atoms with Gasteiger partial charge in [0, 0.05) is 18.1 Å². The van der Waals surface area contributed by atoms with Crippen molar-refractivity contribution in [2.24, 2.45) is 0 Å². The van der Waals surface area contributed by atoms with E-state index in [1.807, 2.05) is 53.9 Å². The summed E-state index contributed by atoms with van der Waals surface area (Å²) in [6.45, 7) is 4.93. The van der Waals surface area contributed by atoms with E-state index in [9.17, 15) is 4.79 Å². The average Bonchev–Trinajstić information content (AvgIpc) is 3.06. The Morgan fingerprint density at radius 3 is 2.73 bits per heavy atom. The zero-order chi connectivity index (χ0) is 18.4. The molecule has 0 aliphatic heterocycles. The first-order valence-electron chi connectivity index (χ1n) is 9.15. The van der Waals surface area contributed by atoms with Crippen LogP contribution >= 0.6 is 0 Å². The summed E-state index contributed by atoms with van der Waals surface area (Å²) >= 11 is 0. The van der Waals surface area contributed by atoms with Crippen molar-refractivity contribution in [2.45, 2.75) is 39.5 Å². The molecular formula is C21H25N3O2.